The van der Waals surface area contributed by atoms with Gasteiger partial charge in [0.05, 0.1) is 18.7 Å². The van der Waals surface area contributed by atoms with E-state index in [-0.39, 0.29) is 11.8 Å². The van der Waals surface area contributed by atoms with Crippen molar-refractivity contribution >= 4 is 11.8 Å². The van der Waals surface area contributed by atoms with Gasteiger partial charge in [0.1, 0.15) is 12.4 Å². The molecule has 8 heteroatoms. The minimum Gasteiger partial charge on any atom is -0.492 e. The lowest BCUT2D eigenvalue weighted by atomic mass is 10.1. The number of hydrogen-bond acceptors (Lipinski definition) is 5. The van der Waals surface area contributed by atoms with Gasteiger partial charge in [-0.05, 0) is 30.0 Å². The van der Waals surface area contributed by atoms with Crippen LogP contribution >= 0.6 is 0 Å². The summed E-state index contributed by atoms with van der Waals surface area (Å²) in [6.45, 7) is 3.08. The second-order valence-electron chi connectivity index (χ2n) is 7.44. The zero-order chi connectivity index (χ0) is 19.3. The third-order valence-corrected chi connectivity index (χ3v) is 5.26. The maximum Gasteiger partial charge on any atom is 0.224 e. The summed E-state index contributed by atoms with van der Waals surface area (Å²) in [5, 5.41) is 11.3. The molecule has 1 saturated heterocycles. The fraction of sp³-hybridized carbons (Fsp3) is 0.500. The molecule has 148 valence electrons. The van der Waals surface area contributed by atoms with E-state index >= 15 is 0 Å². The van der Waals surface area contributed by atoms with Gasteiger partial charge in [-0.2, -0.15) is 0 Å². The Morgan fingerprint density at radius 2 is 2.11 bits per heavy atom. The average molecular weight is 383 g/mol. The largest absolute Gasteiger partial charge is 0.492 e. The summed E-state index contributed by atoms with van der Waals surface area (Å²) in [6, 6.07) is 7.61. The Hall–Kier alpha value is -2.90. The predicted molar refractivity (Wildman–Crippen MR) is 102 cm³/mol. The standard InChI is InChI=1S/C20H25N5O3/c26-19-11-15-2-1-3-18(10-15)28-9-8-25-14-17(22-23-25)4-5-20(27)24-7-6-16(13-24)12-21-19/h1-3,10,14,16H,4-9,11-13H2,(H,21,26). The maximum absolute atomic E-state index is 12.5. The molecule has 1 fully saturated rings. The summed E-state index contributed by atoms with van der Waals surface area (Å²) < 4.78 is 7.52. The van der Waals surface area contributed by atoms with Crippen LogP contribution in [0.25, 0.3) is 0 Å². The summed E-state index contributed by atoms with van der Waals surface area (Å²) in [4.78, 5) is 26.6. The van der Waals surface area contributed by atoms with Crippen LogP contribution in [0, 0.1) is 5.92 Å². The molecule has 28 heavy (non-hydrogen) atoms. The highest BCUT2D eigenvalue weighted by Crippen LogP contribution is 2.18. The summed E-state index contributed by atoms with van der Waals surface area (Å²) in [5.41, 5.74) is 1.73. The number of rotatable bonds is 0. The van der Waals surface area contributed by atoms with Crippen molar-refractivity contribution in [1.29, 1.82) is 0 Å². The molecule has 2 aliphatic heterocycles. The molecule has 1 unspecified atom stereocenters. The lowest BCUT2D eigenvalue weighted by Gasteiger charge is -2.16. The average Bonchev–Trinajstić information content (AvgIpc) is 3.34. The van der Waals surface area contributed by atoms with E-state index in [0.29, 0.717) is 51.4 Å². The van der Waals surface area contributed by atoms with E-state index in [0.717, 1.165) is 30.0 Å². The number of nitrogens with one attached hydrogen (secondary N) is 1. The van der Waals surface area contributed by atoms with Crippen LogP contribution in [0.2, 0.25) is 0 Å². The Kier molecular flexibility index (Phi) is 5.55. The van der Waals surface area contributed by atoms with Crippen LogP contribution in [0.1, 0.15) is 24.1 Å². The molecule has 1 aromatic heterocycles. The number of nitrogens with zero attached hydrogens (tertiary/aromatic N) is 4. The number of aryl methyl sites for hydroxylation is 1. The fourth-order valence-electron chi connectivity index (χ4n) is 3.69. The number of fused-ring (bicyclic) bond motifs is 6. The molecular weight excluding hydrogens is 358 g/mol. The molecule has 0 saturated carbocycles. The molecule has 8 nitrogen and oxygen atoms in total. The first-order valence-corrected chi connectivity index (χ1v) is 9.81. The van der Waals surface area contributed by atoms with Crippen LogP contribution in [-0.2, 0) is 29.0 Å². The minimum absolute atomic E-state index is 0.00493. The molecule has 2 aliphatic rings. The summed E-state index contributed by atoms with van der Waals surface area (Å²) in [5.74, 6) is 1.18. The third kappa shape index (κ3) is 4.68. The van der Waals surface area contributed by atoms with Crippen LogP contribution in [-0.4, -0.2) is 57.9 Å². The number of amides is 2. The van der Waals surface area contributed by atoms with Gasteiger partial charge < -0.3 is 15.0 Å². The minimum atomic E-state index is -0.00493. The smallest absolute Gasteiger partial charge is 0.224 e. The van der Waals surface area contributed by atoms with Crippen molar-refractivity contribution in [1.82, 2.24) is 25.2 Å². The molecule has 3 heterocycles. The molecule has 2 aromatic rings. The summed E-state index contributed by atoms with van der Waals surface area (Å²) >= 11 is 0. The number of aromatic nitrogens is 3. The molecule has 1 atom stereocenters. The van der Waals surface area contributed by atoms with E-state index in [1.165, 1.54) is 0 Å². The van der Waals surface area contributed by atoms with E-state index in [9.17, 15) is 9.59 Å². The van der Waals surface area contributed by atoms with Gasteiger partial charge in [-0.25, -0.2) is 4.68 Å². The van der Waals surface area contributed by atoms with Crippen molar-refractivity contribution in [2.45, 2.75) is 32.2 Å². The number of benzene rings is 1. The fourth-order valence-corrected chi connectivity index (χ4v) is 3.69. The quantitative estimate of drug-likeness (QED) is 0.727. The van der Waals surface area contributed by atoms with Crippen molar-refractivity contribution in [2.24, 2.45) is 5.92 Å². The number of ether oxygens (including phenoxy) is 1. The van der Waals surface area contributed by atoms with Crippen LogP contribution in [0.15, 0.2) is 30.5 Å². The van der Waals surface area contributed by atoms with E-state index in [2.05, 4.69) is 15.6 Å². The Bertz CT molecular complexity index is 850. The molecule has 0 aliphatic carbocycles. The van der Waals surface area contributed by atoms with Gasteiger partial charge >= 0.3 is 0 Å². The highest BCUT2D eigenvalue weighted by molar-refractivity contribution is 5.79. The molecule has 1 N–H and O–H groups in total. The van der Waals surface area contributed by atoms with Crippen LogP contribution in [0.3, 0.4) is 0 Å². The topological polar surface area (TPSA) is 89.4 Å². The monoisotopic (exact) mass is 383 g/mol. The van der Waals surface area contributed by atoms with Crippen LogP contribution in [0.4, 0.5) is 0 Å². The van der Waals surface area contributed by atoms with Crippen molar-refractivity contribution in [3.05, 3.63) is 41.7 Å². The molecule has 6 bridgehead atoms. The molecule has 4 rings (SSSR count). The summed E-state index contributed by atoms with van der Waals surface area (Å²) in [6.07, 6.45) is 4.13. The highest BCUT2D eigenvalue weighted by Gasteiger charge is 2.26. The van der Waals surface area contributed by atoms with Crippen LogP contribution in [0.5, 0.6) is 5.75 Å². The maximum atomic E-state index is 12.5. The van der Waals surface area contributed by atoms with Crippen LogP contribution < -0.4 is 10.1 Å². The lowest BCUT2D eigenvalue weighted by molar-refractivity contribution is -0.130. The Morgan fingerprint density at radius 3 is 3.04 bits per heavy atom. The first-order chi connectivity index (χ1) is 13.7. The van der Waals surface area contributed by atoms with Crippen molar-refractivity contribution in [2.75, 3.05) is 26.2 Å². The molecular formula is C20H25N5O3. The van der Waals surface area contributed by atoms with Crippen molar-refractivity contribution in [3.63, 3.8) is 0 Å². The second kappa shape index (κ2) is 8.41. The Labute approximate surface area is 163 Å². The first kappa shape index (κ1) is 18.5. The number of carbonyl (C=O) groups is 2. The predicted octanol–water partition coefficient (Wildman–Crippen LogP) is 0.810. The third-order valence-electron chi connectivity index (χ3n) is 5.26. The van der Waals surface area contributed by atoms with Crippen molar-refractivity contribution < 1.29 is 14.3 Å². The highest BCUT2D eigenvalue weighted by atomic mass is 16.5. The lowest BCUT2D eigenvalue weighted by Crippen LogP contribution is -2.33. The zero-order valence-corrected chi connectivity index (χ0v) is 15.8. The normalized spacial score (nSPS) is 21.3. The first-order valence-electron chi connectivity index (χ1n) is 9.81. The zero-order valence-electron chi connectivity index (χ0n) is 15.8. The molecule has 0 radical (unpaired) electrons. The molecule has 0 spiro atoms. The Balaban J connectivity index is 1.47. The van der Waals surface area contributed by atoms with E-state index in [1.54, 1.807) is 4.68 Å². The van der Waals surface area contributed by atoms with E-state index in [1.807, 2.05) is 35.4 Å². The van der Waals surface area contributed by atoms with Gasteiger partial charge in [-0.3, -0.25) is 9.59 Å². The molecule has 2 amide bonds. The van der Waals surface area contributed by atoms with Gasteiger partial charge in [0.25, 0.3) is 0 Å². The van der Waals surface area contributed by atoms with Gasteiger partial charge in [0, 0.05) is 38.7 Å². The van der Waals surface area contributed by atoms with Gasteiger partial charge in [0.15, 0.2) is 0 Å². The van der Waals surface area contributed by atoms with Crippen molar-refractivity contribution in [3.8, 4) is 5.75 Å². The van der Waals surface area contributed by atoms with E-state index < -0.39 is 0 Å². The number of hydrogen-bond donors (Lipinski definition) is 1. The SMILES string of the molecule is O=C1Cc2cccc(c2)OCCn2cc(nn2)CCC(=O)N2CCC(CN1)C2. The Morgan fingerprint density at radius 1 is 1.18 bits per heavy atom. The van der Waals surface area contributed by atoms with Gasteiger partial charge in [-0.15, -0.1) is 5.10 Å². The number of carbonyl (C=O) groups excluding carboxylic acids is 2. The van der Waals surface area contributed by atoms with E-state index in [4.69, 9.17) is 4.74 Å². The van der Waals surface area contributed by atoms with Gasteiger partial charge in [0.2, 0.25) is 11.8 Å². The second-order valence-corrected chi connectivity index (χ2v) is 7.44. The summed E-state index contributed by atoms with van der Waals surface area (Å²) in [7, 11) is 0. The molecule has 1 aromatic carbocycles. The van der Waals surface area contributed by atoms with Gasteiger partial charge in [-0.1, -0.05) is 17.3 Å².